The molecule has 2 amide bonds. The molecule has 0 aromatic heterocycles. The Balaban J connectivity index is 1.72. The molecule has 0 fully saturated rings. The molecule has 0 heterocycles. The van der Waals surface area contributed by atoms with Crippen LogP contribution in [-0.4, -0.2) is 25.4 Å². The summed E-state index contributed by atoms with van der Waals surface area (Å²) in [7, 11) is 0. The molecule has 2 rings (SSSR count). The maximum atomic E-state index is 11.8. The van der Waals surface area contributed by atoms with Crippen LogP contribution >= 0.6 is 11.8 Å². The van der Waals surface area contributed by atoms with Crippen LogP contribution in [0.15, 0.2) is 59.5 Å². The van der Waals surface area contributed by atoms with Crippen molar-refractivity contribution in [3.63, 3.8) is 0 Å². The van der Waals surface area contributed by atoms with Crippen molar-refractivity contribution in [3.05, 3.63) is 54.6 Å². The number of hydrogen-bond acceptors (Lipinski definition) is 3. The van der Waals surface area contributed by atoms with Crippen LogP contribution in [0.4, 0.5) is 10.5 Å². The van der Waals surface area contributed by atoms with Gasteiger partial charge in [0, 0.05) is 4.90 Å². The van der Waals surface area contributed by atoms with Gasteiger partial charge in [-0.3, -0.25) is 0 Å². The molecular weight excluding hydrogens is 284 g/mol. The Morgan fingerprint density at radius 2 is 1.81 bits per heavy atom. The van der Waals surface area contributed by atoms with E-state index in [1.54, 1.807) is 11.8 Å². The first-order valence-corrected chi connectivity index (χ1v) is 7.88. The minimum atomic E-state index is -0.229. The fourth-order valence-electron chi connectivity index (χ4n) is 1.76. The number of benzene rings is 2. The Kier molecular flexibility index (Phi) is 5.97. The smallest absolute Gasteiger partial charge is 0.319 e. The lowest BCUT2D eigenvalue weighted by Gasteiger charge is -2.11. The summed E-state index contributed by atoms with van der Waals surface area (Å²) in [6.45, 7) is 0.879. The number of thioether (sulfide) groups is 1. The molecule has 0 saturated carbocycles. The minimum Gasteiger partial charge on any atom is -0.492 e. The molecule has 21 heavy (non-hydrogen) atoms. The monoisotopic (exact) mass is 302 g/mol. The van der Waals surface area contributed by atoms with Crippen LogP contribution in [0.1, 0.15) is 0 Å². The number of nitrogens with one attached hydrogen (secondary N) is 2. The van der Waals surface area contributed by atoms with Gasteiger partial charge in [-0.1, -0.05) is 30.3 Å². The predicted octanol–water partition coefficient (Wildman–Crippen LogP) is 3.61. The highest BCUT2D eigenvalue weighted by Gasteiger charge is 2.04. The first kappa shape index (κ1) is 15.3. The van der Waals surface area contributed by atoms with Gasteiger partial charge in [0.1, 0.15) is 12.4 Å². The van der Waals surface area contributed by atoms with Crippen LogP contribution in [0.5, 0.6) is 5.75 Å². The van der Waals surface area contributed by atoms with Gasteiger partial charge in [0.2, 0.25) is 0 Å². The number of carbonyl (C=O) groups is 1. The summed E-state index contributed by atoms with van der Waals surface area (Å²) >= 11 is 1.60. The molecule has 0 spiro atoms. The van der Waals surface area contributed by atoms with Gasteiger partial charge in [-0.05, 0) is 30.5 Å². The topological polar surface area (TPSA) is 50.4 Å². The number of urea groups is 1. The highest BCUT2D eigenvalue weighted by Crippen LogP contribution is 2.24. The number of rotatable bonds is 6. The third-order valence-electron chi connectivity index (χ3n) is 2.75. The van der Waals surface area contributed by atoms with Crippen LogP contribution in [0.25, 0.3) is 0 Å². The maximum Gasteiger partial charge on any atom is 0.319 e. The molecule has 0 radical (unpaired) electrons. The Bertz CT molecular complexity index is 575. The molecular formula is C16H18N2O2S. The van der Waals surface area contributed by atoms with E-state index < -0.39 is 0 Å². The van der Waals surface area contributed by atoms with Crippen molar-refractivity contribution < 1.29 is 9.53 Å². The average molecular weight is 302 g/mol. The Morgan fingerprint density at radius 1 is 1.10 bits per heavy atom. The van der Waals surface area contributed by atoms with Gasteiger partial charge in [-0.2, -0.15) is 0 Å². The Hall–Kier alpha value is -2.14. The molecule has 0 atom stereocenters. The van der Waals surface area contributed by atoms with Crippen molar-refractivity contribution in [2.45, 2.75) is 4.90 Å². The molecule has 2 aromatic rings. The van der Waals surface area contributed by atoms with Gasteiger partial charge < -0.3 is 15.4 Å². The Labute approximate surface area is 128 Å². The predicted molar refractivity (Wildman–Crippen MR) is 87.2 cm³/mol. The van der Waals surface area contributed by atoms with Crippen LogP contribution in [0.3, 0.4) is 0 Å². The number of ether oxygens (including phenoxy) is 1. The standard InChI is InChI=1S/C16H18N2O2S/c1-21-15-10-6-5-9-14(15)18-16(19)17-11-12-20-13-7-3-2-4-8-13/h2-10H,11-12H2,1H3,(H2,17,18,19). The molecule has 0 aliphatic rings. The second kappa shape index (κ2) is 8.21. The largest absolute Gasteiger partial charge is 0.492 e. The highest BCUT2D eigenvalue weighted by atomic mass is 32.2. The fraction of sp³-hybridized carbons (Fsp3) is 0.188. The van der Waals surface area contributed by atoms with Crippen molar-refractivity contribution in [1.29, 1.82) is 0 Å². The third-order valence-corrected chi connectivity index (χ3v) is 3.55. The van der Waals surface area contributed by atoms with Gasteiger partial charge in [-0.15, -0.1) is 11.8 Å². The molecule has 110 valence electrons. The normalized spacial score (nSPS) is 9.95. The van der Waals surface area contributed by atoms with Crippen LogP contribution in [-0.2, 0) is 0 Å². The molecule has 0 bridgehead atoms. The number of para-hydroxylation sites is 2. The molecule has 0 saturated heterocycles. The molecule has 5 heteroatoms. The molecule has 0 aliphatic heterocycles. The summed E-state index contributed by atoms with van der Waals surface area (Å²) in [5, 5.41) is 5.60. The number of amides is 2. The first-order chi connectivity index (χ1) is 10.3. The summed E-state index contributed by atoms with van der Waals surface area (Å²) < 4.78 is 5.50. The lowest BCUT2D eigenvalue weighted by molar-refractivity contribution is 0.247. The molecule has 4 nitrogen and oxygen atoms in total. The van der Waals surface area contributed by atoms with Crippen molar-refractivity contribution in [2.75, 3.05) is 24.7 Å². The van der Waals surface area contributed by atoms with E-state index >= 15 is 0 Å². The molecule has 2 N–H and O–H groups in total. The van der Waals surface area contributed by atoms with E-state index in [4.69, 9.17) is 4.74 Å². The zero-order chi connectivity index (χ0) is 14.9. The summed E-state index contributed by atoms with van der Waals surface area (Å²) in [5.74, 6) is 0.799. The maximum absolute atomic E-state index is 11.8. The highest BCUT2D eigenvalue weighted by molar-refractivity contribution is 7.98. The summed E-state index contributed by atoms with van der Waals surface area (Å²) in [6, 6.07) is 17.0. The van der Waals surface area contributed by atoms with Crippen LogP contribution in [0.2, 0.25) is 0 Å². The van der Waals surface area contributed by atoms with Crippen LogP contribution < -0.4 is 15.4 Å². The van der Waals surface area contributed by atoms with E-state index in [1.807, 2.05) is 60.9 Å². The van der Waals surface area contributed by atoms with E-state index in [0.29, 0.717) is 13.2 Å². The third kappa shape index (κ3) is 5.04. The van der Waals surface area contributed by atoms with Crippen molar-refractivity contribution in [1.82, 2.24) is 5.32 Å². The average Bonchev–Trinajstić information content (AvgIpc) is 2.53. The molecule has 0 unspecified atom stereocenters. The Morgan fingerprint density at radius 3 is 2.57 bits per heavy atom. The van der Waals surface area contributed by atoms with Crippen molar-refractivity contribution in [2.24, 2.45) is 0 Å². The van der Waals surface area contributed by atoms with Gasteiger partial charge in [0.15, 0.2) is 0 Å². The minimum absolute atomic E-state index is 0.229. The van der Waals surface area contributed by atoms with Crippen molar-refractivity contribution in [3.8, 4) is 5.75 Å². The van der Waals surface area contributed by atoms with Gasteiger partial charge in [0.05, 0.1) is 12.2 Å². The molecule has 2 aromatic carbocycles. The first-order valence-electron chi connectivity index (χ1n) is 6.65. The second-order valence-electron chi connectivity index (χ2n) is 4.24. The number of anilines is 1. The van der Waals surface area contributed by atoms with Crippen molar-refractivity contribution >= 4 is 23.5 Å². The van der Waals surface area contributed by atoms with Gasteiger partial charge in [-0.25, -0.2) is 4.79 Å². The summed E-state index contributed by atoms with van der Waals surface area (Å²) in [6.07, 6.45) is 1.98. The SMILES string of the molecule is CSc1ccccc1NC(=O)NCCOc1ccccc1. The zero-order valence-electron chi connectivity index (χ0n) is 11.8. The lowest BCUT2D eigenvalue weighted by Crippen LogP contribution is -2.32. The molecule has 0 aliphatic carbocycles. The van der Waals surface area contributed by atoms with E-state index in [1.165, 1.54) is 0 Å². The van der Waals surface area contributed by atoms with Gasteiger partial charge in [0.25, 0.3) is 0 Å². The van der Waals surface area contributed by atoms with E-state index in [-0.39, 0.29) is 6.03 Å². The quantitative estimate of drug-likeness (QED) is 0.633. The lowest BCUT2D eigenvalue weighted by atomic mass is 10.3. The van der Waals surface area contributed by atoms with E-state index in [2.05, 4.69) is 10.6 Å². The number of hydrogen-bond donors (Lipinski definition) is 2. The van der Waals surface area contributed by atoms with Gasteiger partial charge >= 0.3 is 6.03 Å². The summed E-state index contributed by atoms with van der Waals surface area (Å²) in [4.78, 5) is 12.8. The zero-order valence-corrected chi connectivity index (χ0v) is 12.7. The number of carbonyl (C=O) groups excluding carboxylic acids is 1. The fourth-order valence-corrected chi connectivity index (χ4v) is 2.32. The van der Waals surface area contributed by atoms with E-state index in [9.17, 15) is 4.79 Å². The second-order valence-corrected chi connectivity index (χ2v) is 5.09. The summed E-state index contributed by atoms with van der Waals surface area (Å²) in [5.41, 5.74) is 0.812. The van der Waals surface area contributed by atoms with Crippen LogP contribution in [0, 0.1) is 0 Å². The van der Waals surface area contributed by atoms with E-state index in [0.717, 1.165) is 16.3 Å².